The lowest BCUT2D eigenvalue weighted by atomic mass is 10.2. The van der Waals surface area contributed by atoms with E-state index in [9.17, 15) is 9.59 Å². The average Bonchev–Trinajstić information content (AvgIpc) is 2.53. The molecule has 0 aromatic carbocycles. The molecule has 1 atom stereocenters. The van der Waals surface area contributed by atoms with E-state index in [0.29, 0.717) is 5.69 Å². The molecule has 1 amide bonds. The summed E-state index contributed by atoms with van der Waals surface area (Å²) in [6, 6.07) is 1.33. The van der Waals surface area contributed by atoms with Crippen LogP contribution in [-0.4, -0.2) is 33.2 Å². The molecule has 0 spiro atoms. The number of H-pyrrole nitrogens is 1. The largest absolute Gasteiger partial charge is 0.481 e. The summed E-state index contributed by atoms with van der Waals surface area (Å²) in [5, 5.41) is 17.4. The van der Waals surface area contributed by atoms with E-state index in [4.69, 9.17) is 5.11 Å². The second kappa shape index (κ2) is 5.14. The molecule has 1 rings (SSSR count). The van der Waals surface area contributed by atoms with Crippen LogP contribution >= 0.6 is 0 Å². The fraction of sp³-hybridized carbons (Fsp3) is 0.444. The number of carboxylic acid groups (broad SMARTS) is 1. The summed E-state index contributed by atoms with van der Waals surface area (Å²) >= 11 is 0. The lowest BCUT2D eigenvalue weighted by Crippen LogP contribution is -2.35. The summed E-state index contributed by atoms with van der Waals surface area (Å²) in [6.45, 7) is 1.65. The lowest BCUT2D eigenvalue weighted by Gasteiger charge is -2.10. The number of rotatable bonds is 5. The summed E-state index contributed by atoms with van der Waals surface area (Å²) in [5.74, 6) is -1.14. The predicted octanol–water partition coefficient (Wildman–Crippen LogP) is -0.0684. The highest BCUT2D eigenvalue weighted by Crippen LogP contribution is 1.95. The number of hydrogen-bond donors (Lipinski definition) is 3. The van der Waals surface area contributed by atoms with Crippen molar-refractivity contribution in [3.8, 4) is 0 Å². The van der Waals surface area contributed by atoms with Gasteiger partial charge in [-0.2, -0.15) is 5.10 Å². The van der Waals surface area contributed by atoms with Gasteiger partial charge in [0.05, 0.1) is 12.8 Å². The Hall–Kier alpha value is -1.85. The Morgan fingerprint density at radius 1 is 1.67 bits per heavy atom. The summed E-state index contributed by atoms with van der Waals surface area (Å²) < 4.78 is 0. The van der Waals surface area contributed by atoms with Crippen molar-refractivity contribution in [1.29, 1.82) is 0 Å². The molecule has 0 bridgehead atoms. The van der Waals surface area contributed by atoms with Crippen LogP contribution in [0.2, 0.25) is 0 Å². The molecular weight excluding hydrogens is 198 g/mol. The minimum Gasteiger partial charge on any atom is -0.481 e. The van der Waals surface area contributed by atoms with Gasteiger partial charge < -0.3 is 10.4 Å². The summed E-state index contributed by atoms with van der Waals surface area (Å²) in [4.78, 5) is 21.7. The van der Waals surface area contributed by atoms with Crippen molar-refractivity contribution < 1.29 is 14.7 Å². The molecule has 1 unspecified atom stereocenters. The Morgan fingerprint density at radius 2 is 2.40 bits per heavy atom. The Kier molecular flexibility index (Phi) is 3.84. The van der Waals surface area contributed by atoms with Gasteiger partial charge in [0.2, 0.25) is 5.91 Å². The van der Waals surface area contributed by atoms with Crippen molar-refractivity contribution in [2.24, 2.45) is 0 Å². The summed E-state index contributed by atoms with van der Waals surface area (Å²) in [5.41, 5.74) is 0.704. The van der Waals surface area contributed by atoms with Gasteiger partial charge in [-0.3, -0.25) is 14.7 Å². The normalized spacial score (nSPS) is 12.1. The molecule has 0 saturated carbocycles. The topological polar surface area (TPSA) is 95.1 Å². The van der Waals surface area contributed by atoms with Crippen molar-refractivity contribution in [1.82, 2.24) is 15.5 Å². The van der Waals surface area contributed by atoms with E-state index in [1.165, 1.54) is 0 Å². The minimum absolute atomic E-state index is 0.0747. The molecule has 0 aliphatic heterocycles. The van der Waals surface area contributed by atoms with Gasteiger partial charge in [0.1, 0.15) is 0 Å². The van der Waals surface area contributed by atoms with E-state index in [1.54, 1.807) is 19.2 Å². The lowest BCUT2D eigenvalue weighted by molar-refractivity contribution is -0.137. The fourth-order valence-electron chi connectivity index (χ4n) is 1.19. The van der Waals surface area contributed by atoms with Crippen LogP contribution in [0, 0.1) is 0 Å². The molecule has 6 heteroatoms. The molecule has 82 valence electrons. The molecule has 0 radical (unpaired) electrons. The van der Waals surface area contributed by atoms with Gasteiger partial charge in [0.15, 0.2) is 0 Å². The maximum atomic E-state index is 11.4. The number of aromatic nitrogens is 2. The van der Waals surface area contributed by atoms with Crippen LogP contribution in [0.25, 0.3) is 0 Å². The Labute approximate surface area is 86.7 Å². The zero-order valence-corrected chi connectivity index (χ0v) is 8.36. The number of nitrogens with zero attached hydrogens (tertiary/aromatic N) is 1. The van der Waals surface area contributed by atoms with Gasteiger partial charge in [-0.25, -0.2) is 0 Å². The number of carboxylic acids is 1. The first-order valence-electron chi connectivity index (χ1n) is 4.57. The standard InChI is InChI=1S/C9H13N3O3/c1-6(4-9(14)15)11-8(13)5-7-2-3-10-12-7/h2-3,6H,4-5H2,1H3,(H,10,12)(H,11,13)(H,14,15). The fourth-order valence-corrected chi connectivity index (χ4v) is 1.19. The second-order valence-electron chi connectivity index (χ2n) is 3.33. The molecule has 1 aromatic rings. The van der Waals surface area contributed by atoms with Crippen molar-refractivity contribution in [3.05, 3.63) is 18.0 Å². The van der Waals surface area contributed by atoms with Crippen LogP contribution in [0.15, 0.2) is 12.3 Å². The van der Waals surface area contributed by atoms with Gasteiger partial charge in [-0.05, 0) is 13.0 Å². The first-order chi connectivity index (χ1) is 7.08. The number of hydrogen-bond acceptors (Lipinski definition) is 3. The monoisotopic (exact) mass is 211 g/mol. The Balaban J connectivity index is 2.33. The van der Waals surface area contributed by atoms with Crippen LogP contribution in [0.5, 0.6) is 0 Å². The quantitative estimate of drug-likeness (QED) is 0.635. The zero-order valence-electron chi connectivity index (χ0n) is 8.36. The van der Waals surface area contributed by atoms with Crippen LogP contribution in [-0.2, 0) is 16.0 Å². The van der Waals surface area contributed by atoms with E-state index < -0.39 is 5.97 Å². The van der Waals surface area contributed by atoms with Crippen molar-refractivity contribution in [2.45, 2.75) is 25.8 Å². The van der Waals surface area contributed by atoms with Crippen LogP contribution < -0.4 is 5.32 Å². The Bertz CT molecular complexity index is 334. The van der Waals surface area contributed by atoms with E-state index in [1.807, 2.05) is 0 Å². The maximum Gasteiger partial charge on any atom is 0.305 e. The number of amides is 1. The smallest absolute Gasteiger partial charge is 0.305 e. The summed E-state index contributed by atoms with van der Waals surface area (Å²) in [7, 11) is 0. The molecule has 0 aliphatic carbocycles. The number of aromatic amines is 1. The molecule has 1 aromatic heterocycles. The van der Waals surface area contributed by atoms with Gasteiger partial charge in [0, 0.05) is 17.9 Å². The van der Waals surface area contributed by atoms with Crippen molar-refractivity contribution in [2.75, 3.05) is 0 Å². The van der Waals surface area contributed by atoms with E-state index in [-0.39, 0.29) is 24.8 Å². The first-order valence-corrected chi connectivity index (χ1v) is 4.57. The predicted molar refractivity (Wildman–Crippen MR) is 52.1 cm³/mol. The van der Waals surface area contributed by atoms with E-state index in [0.717, 1.165) is 0 Å². The third-order valence-electron chi connectivity index (χ3n) is 1.80. The van der Waals surface area contributed by atoms with Crippen LogP contribution in [0.1, 0.15) is 19.0 Å². The SMILES string of the molecule is CC(CC(=O)O)NC(=O)Cc1ccn[nH]1. The minimum atomic E-state index is -0.927. The molecule has 6 nitrogen and oxygen atoms in total. The van der Waals surface area contributed by atoms with Gasteiger partial charge in [-0.1, -0.05) is 0 Å². The number of carbonyl (C=O) groups is 2. The molecular formula is C9H13N3O3. The molecule has 0 saturated heterocycles. The van der Waals surface area contributed by atoms with Crippen LogP contribution in [0.4, 0.5) is 0 Å². The highest BCUT2D eigenvalue weighted by atomic mass is 16.4. The first kappa shape index (κ1) is 11.2. The van der Waals surface area contributed by atoms with Crippen molar-refractivity contribution in [3.63, 3.8) is 0 Å². The third-order valence-corrected chi connectivity index (χ3v) is 1.80. The van der Waals surface area contributed by atoms with Gasteiger partial charge in [0.25, 0.3) is 0 Å². The van der Waals surface area contributed by atoms with E-state index in [2.05, 4.69) is 15.5 Å². The number of nitrogens with one attached hydrogen (secondary N) is 2. The Morgan fingerprint density at radius 3 is 2.93 bits per heavy atom. The van der Waals surface area contributed by atoms with Crippen molar-refractivity contribution >= 4 is 11.9 Å². The van der Waals surface area contributed by atoms with Crippen LogP contribution in [0.3, 0.4) is 0 Å². The van der Waals surface area contributed by atoms with Gasteiger partial charge >= 0.3 is 5.97 Å². The summed E-state index contributed by atoms with van der Waals surface area (Å²) in [6.07, 6.45) is 1.67. The third kappa shape index (κ3) is 4.26. The van der Waals surface area contributed by atoms with E-state index >= 15 is 0 Å². The highest BCUT2D eigenvalue weighted by Gasteiger charge is 2.11. The molecule has 3 N–H and O–H groups in total. The molecule has 15 heavy (non-hydrogen) atoms. The zero-order chi connectivity index (χ0) is 11.3. The molecule has 0 aliphatic rings. The molecule has 1 heterocycles. The highest BCUT2D eigenvalue weighted by molar-refractivity contribution is 5.79. The average molecular weight is 211 g/mol. The maximum absolute atomic E-state index is 11.4. The van der Waals surface area contributed by atoms with Gasteiger partial charge in [-0.15, -0.1) is 0 Å². The molecule has 0 fully saturated rings. The number of carbonyl (C=O) groups excluding carboxylic acids is 1. The second-order valence-corrected chi connectivity index (χ2v) is 3.33. The number of aliphatic carboxylic acids is 1.